The normalized spacial score (nSPS) is 21.6. The van der Waals surface area contributed by atoms with Crippen LogP contribution in [-0.4, -0.2) is 43.2 Å². The van der Waals surface area contributed by atoms with Gasteiger partial charge >= 0.3 is 0 Å². The maximum absolute atomic E-state index is 6.04. The van der Waals surface area contributed by atoms with E-state index in [9.17, 15) is 0 Å². The molecule has 0 fully saturated rings. The van der Waals surface area contributed by atoms with Crippen molar-refractivity contribution < 1.29 is 9.47 Å². The SMILES string of the molecule is COc1ccc(CC2(C)CN=C(N)N2C(C)C)cc1OC. The number of rotatable bonds is 5. The number of nitrogens with zero attached hydrogens (tertiary/aromatic N) is 2. The number of guanidine groups is 1. The van der Waals surface area contributed by atoms with Crippen molar-refractivity contribution in [3.8, 4) is 11.5 Å². The molecule has 0 aromatic heterocycles. The van der Waals surface area contributed by atoms with Crippen molar-refractivity contribution in [2.24, 2.45) is 10.7 Å². The molecule has 2 N–H and O–H groups in total. The molecule has 0 aliphatic carbocycles. The first kappa shape index (κ1) is 15.5. The van der Waals surface area contributed by atoms with Gasteiger partial charge in [-0.2, -0.15) is 0 Å². The molecule has 1 heterocycles. The van der Waals surface area contributed by atoms with Crippen LogP contribution in [0.2, 0.25) is 0 Å². The minimum atomic E-state index is -0.0994. The number of nitrogens with two attached hydrogens (primary N) is 1. The third-order valence-corrected chi connectivity index (χ3v) is 3.96. The van der Waals surface area contributed by atoms with E-state index in [1.54, 1.807) is 14.2 Å². The zero-order valence-corrected chi connectivity index (χ0v) is 13.5. The second kappa shape index (κ2) is 5.84. The lowest BCUT2D eigenvalue weighted by Gasteiger charge is -2.39. The Morgan fingerprint density at radius 2 is 1.95 bits per heavy atom. The average molecular weight is 291 g/mol. The molecule has 1 atom stereocenters. The quantitative estimate of drug-likeness (QED) is 0.902. The van der Waals surface area contributed by atoms with Gasteiger partial charge in [0.1, 0.15) is 0 Å². The summed E-state index contributed by atoms with van der Waals surface area (Å²) in [5, 5.41) is 0. The topological polar surface area (TPSA) is 60.1 Å². The van der Waals surface area contributed by atoms with E-state index in [0.29, 0.717) is 18.5 Å². The van der Waals surface area contributed by atoms with Gasteiger partial charge in [0.25, 0.3) is 0 Å². The van der Waals surface area contributed by atoms with E-state index in [4.69, 9.17) is 15.2 Å². The highest BCUT2D eigenvalue weighted by atomic mass is 16.5. The van der Waals surface area contributed by atoms with Gasteiger partial charge in [0.2, 0.25) is 0 Å². The molecule has 1 aliphatic heterocycles. The molecule has 116 valence electrons. The highest BCUT2D eigenvalue weighted by molar-refractivity contribution is 5.81. The molecule has 0 bridgehead atoms. The zero-order chi connectivity index (χ0) is 15.6. The number of hydrogen-bond acceptors (Lipinski definition) is 5. The fourth-order valence-electron chi connectivity index (χ4n) is 3.14. The van der Waals surface area contributed by atoms with E-state index in [0.717, 1.165) is 17.9 Å². The summed E-state index contributed by atoms with van der Waals surface area (Å²) in [5.41, 5.74) is 7.13. The lowest BCUT2D eigenvalue weighted by molar-refractivity contribution is 0.183. The highest BCUT2D eigenvalue weighted by Gasteiger charge is 2.39. The van der Waals surface area contributed by atoms with E-state index in [1.165, 1.54) is 5.56 Å². The Morgan fingerprint density at radius 3 is 2.52 bits per heavy atom. The molecular weight excluding hydrogens is 266 g/mol. The van der Waals surface area contributed by atoms with Crippen LogP contribution < -0.4 is 15.2 Å². The monoisotopic (exact) mass is 291 g/mol. The average Bonchev–Trinajstić information content (AvgIpc) is 2.73. The molecule has 5 heteroatoms. The van der Waals surface area contributed by atoms with Crippen LogP contribution in [0, 0.1) is 0 Å². The van der Waals surface area contributed by atoms with Crippen LogP contribution in [-0.2, 0) is 6.42 Å². The summed E-state index contributed by atoms with van der Waals surface area (Å²) >= 11 is 0. The van der Waals surface area contributed by atoms with Crippen LogP contribution in [0.25, 0.3) is 0 Å². The van der Waals surface area contributed by atoms with Crippen LogP contribution in [0.1, 0.15) is 26.3 Å². The highest BCUT2D eigenvalue weighted by Crippen LogP contribution is 2.32. The standard InChI is InChI=1S/C16H25N3O2/c1-11(2)19-15(17)18-10-16(19,3)9-12-6-7-13(20-4)14(8-12)21-5/h6-8,11H,9-10H2,1-5H3,(H2,17,18). The maximum Gasteiger partial charge on any atom is 0.192 e. The Labute approximate surface area is 126 Å². The molecule has 0 saturated heterocycles. The van der Waals surface area contributed by atoms with Crippen molar-refractivity contribution in [1.29, 1.82) is 0 Å². The van der Waals surface area contributed by atoms with E-state index < -0.39 is 0 Å². The van der Waals surface area contributed by atoms with E-state index in [1.807, 2.05) is 12.1 Å². The molecule has 0 spiro atoms. The van der Waals surface area contributed by atoms with Gasteiger partial charge in [-0.3, -0.25) is 4.99 Å². The molecule has 1 unspecified atom stereocenters. The van der Waals surface area contributed by atoms with E-state index in [-0.39, 0.29) is 5.54 Å². The molecule has 0 saturated carbocycles. The molecule has 1 aliphatic rings. The molecule has 21 heavy (non-hydrogen) atoms. The Kier molecular flexibility index (Phi) is 4.30. The number of hydrogen-bond donors (Lipinski definition) is 1. The molecule has 5 nitrogen and oxygen atoms in total. The predicted molar refractivity (Wildman–Crippen MR) is 85.1 cm³/mol. The third kappa shape index (κ3) is 2.91. The van der Waals surface area contributed by atoms with Crippen LogP contribution in [0.3, 0.4) is 0 Å². The maximum atomic E-state index is 6.04. The van der Waals surface area contributed by atoms with Crippen LogP contribution in [0.4, 0.5) is 0 Å². The molecule has 0 radical (unpaired) electrons. The summed E-state index contributed by atoms with van der Waals surface area (Å²) in [6, 6.07) is 6.36. The van der Waals surface area contributed by atoms with E-state index in [2.05, 4.69) is 36.7 Å². The van der Waals surface area contributed by atoms with Crippen molar-refractivity contribution in [2.45, 2.75) is 38.8 Å². The predicted octanol–water partition coefficient (Wildman–Crippen LogP) is 2.04. The van der Waals surface area contributed by atoms with Crippen molar-refractivity contribution >= 4 is 5.96 Å². The largest absolute Gasteiger partial charge is 0.493 e. The molecule has 2 rings (SSSR count). The summed E-state index contributed by atoms with van der Waals surface area (Å²) < 4.78 is 10.7. The van der Waals surface area contributed by atoms with Crippen molar-refractivity contribution in [2.75, 3.05) is 20.8 Å². The fraction of sp³-hybridized carbons (Fsp3) is 0.562. The molecular formula is C16H25N3O2. The smallest absolute Gasteiger partial charge is 0.192 e. The number of aliphatic imine (C=N–C) groups is 1. The summed E-state index contributed by atoms with van der Waals surface area (Å²) in [7, 11) is 3.30. The Hall–Kier alpha value is -1.91. The van der Waals surface area contributed by atoms with Gasteiger partial charge in [-0.15, -0.1) is 0 Å². The van der Waals surface area contributed by atoms with Gasteiger partial charge in [0.05, 0.1) is 26.3 Å². The molecule has 0 amide bonds. The van der Waals surface area contributed by atoms with Crippen LogP contribution in [0.15, 0.2) is 23.2 Å². The van der Waals surface area contributed by atoms with Crippen molar-refractivity contribution in [3.63, 3.8) is 0 Å². The van der Waals surface area contributed by atoms with Crippen LogP contribution >= 0.6 is 0 Å². The lowest BCUT2D eigenvalue weighted by Crippen LogP contribution is -2.54. The summed E-state index contributed by atoms with van der Waals surface area (Å²) in [6.45, 7) is 7.19. The van der Waals surface area contributed by atoms with E-state index >= 15 is 0 Å². The van der Waals surface area contributed by atoms with Gasteiger partial charge in [0.15, 0.2) is 17.5 Å². The van der Waals surface area contributed by atoms with Gasteiger partial charge in [-0.25, -0.2) is 0 Å². The van der Waals surface area contributed by atoms with Gasteiger partial charge in [-0.05, 0) is 44.9 Å². The van der Waals surface area contributed by atoms with Crippen molar-refractivity contribution in [1.82, 2.24) is 4.90 Å². The number of methoxy groups -OCH3 is 2. The minimum absolute atomic E-state index is 0.0994. The van der Waals surface area contributed by atoms with Gasteiger partial charge < -0.3 is 20.1 Å². The molecule has 1 aromatic rings. The van der Waals surface area contributed by atoms with Crippen LogP contribution in [0.5, 0.6) is 11.5 Å². The first-order chi connectivity index (χ1) is 9.91. The summed E-state index contributed by atoms with van der Waals surface area (Å²) in [6.07, 6.45) is 0.857. The number of ether oxygens (including phenoxy) is 2. The third-order valence-electron chi connectivity index (χ3n) is 3.96. The Morgan fingerprint density at radius 1 is 1.29 bits per heavy atom. The van der Waals surface area contributed by atoms with Gasteiger partial charge in [0, 0.05) is 6.04 Å². The first-order valence-corrected chi connectivity index (χ1v) is 7.21. The van der Waals surface area contributed by atoms with Crippen molar-refractivity contribution in [3.05, 3.63) is 23.8 Å². The molecule has 1 aromatic carbocycles. The Balaban J connectivity index is 2.25. The fourth-order valence-corrected chi connectivity index (χ4v) is 3.14. The zero-order valence-electron chi connectivity index (χ0n) is 13.5. The second-order valence-corrected chi connectivity index (χ2v) is 6.00. The second-order valence-electron chi connectivity index (χ2n) is 6.00. The lowest BCUT2D eigenvalue weighted by atomic mass is 9.90. The van der Waals surface area contributed by atoms with Gasteiger partial charge in [-0.1, -0.05) is 6.07 Å². The summed E-state index contributed by atoms with van der Waals surface area (Å²) in [5.74, 6) is 2.13. The first-order valence-electron chi connectivity index (χ1n) is 7.21. The summed E-state index contributed by atoms with van der Waals surface area (Å²) in [4.78, 5) is 6.63. The number of benzene rings is 1. The Bertz CT molecular complexity index is 542. The minimum Gasteiger partial charge on any atom is -0.493 e.